The van der Waals surface area contributed by atoms with Crippen molar-refractivity contribution in [2.24, 2.45) is 5.84 Å². The highest BCUT2D eigenvalue weighted by molar-refractivity contribution is 5.44. The molecular weight excluding hydrogens is 226 g/mol. The highest BCUT2D eigenvalue weighted by atomic mass is 15.3. The van der Waals surface area contributed by atoms with E-state index in [1.54, 1.807) is 0 Å². The smallest absolute Gasteiger partial charge is 0.239 e. The lowest BCUT2D eigenvalue weighted by molar-refractivity contribution is 0.549. The molecule has 1 fully saturated rings. The van der Waals surface area contributed by atoms with Gasteiger partial charge in [0, 0.05) is 24.8 Å². The van der Waals surface area contributed by atoms with Crippen LogP contribution in [0.3, 0.4) is 0 Å². The van der Waals surface area contributed by atoms with E-state index in [1.165, 1.54) is 38.5 Å². The van der Waals surface area contributed by atoms with E-state index in [0.717, 1.165) is 11.5 Å². The zero-order valence-electron chi connectivity index (χ0n) is 11.3. The Bertz CT molecular complexity index is 385. The molecule has 3 N–H and O–H groups in total. The number of aromatic nitrogens is 2. The largest absolute Gasteiger partial charge is 0.357 e. The molecule has 1 aromatic heterocycles. The number of hydrazine groups is 1. The van der Waals surface area contributed by atoms with Crippen molar-refractivity contribution in [2.45, 2.75) is 51.5 Å². The summed E-state index contributed by atoms with van der Waals surface area (Å²) >= 11 is 0. The number of rotatable bonds is 3. The van der Waals surface area contributed by atoms with Crippen LogP contribution in [-0.2, 0) is 0 Å². The lowest BCUT2D eigenvalue weighted by atomic mass is 10.1. The summed E-state index contributed by atoms with van der Waals surface area (Å²) in [5, 5.41) is 0. The third-order valence-electron chi connectivity index (χ3n) is 3.70. The van der Waals surface area contributed by atoms with Crippen LogP contribution in [0.1, 0.15) is 44.2 Å². The first-order chi connectivity index (χ1) is 8.70. The summed E-state index contributed by atoms with van der Waals surface area (Å²) in [5.74, 6) is 6.85. The molecule has 0 unspecified atom stereocenters. The number of nitrogens with zero attached hydrogens (tertiary/aromatic N) is 3. The summed E-state index contributed by atoms with van der Waals surface area (Å²) in [7, 11) is 2.12. The highest BCUT2D eigenvalue weighted by Crippen LogP contribution is 2.25. The fourth-order valence-electron chi connectivity index (χ4n) is 2.63. The first-order valence-electron chi connectivity index (χ1n) is 6.76. The van der Waals surface area contributed by atoms with Gasteiger partial charge in [-0.3, -0.25) is 5.43 Å². The molecule has 18 heavy (non-hydrogen) atoms. The molecule has 0 saturated heterocycles. The normalized spacial score (nSPS) is 17.3. The van der Waals surface area contributed by atoms with Gasteiger partial charge in [-0.1, -0.05) is 25.7 Å². The fraction of sp³-hybridized carbons (Fsp3) is 0.692. The van der Waals surface area contributed by atoms with Crippen LogP contribution in [0.4, 0.5) is 11.8 Å². The average Bonchev–Trinajstić information content (AvgIpc) is 2.65. The molecule has 0 bridgehead atoms. The monoisotopic (exact) mass is 249 g/mol. The van der Waals surface area contributed by atoms with Gasteiger partial charge in [-0.2, -0.15) is 4.98 Å². The molecule has 0 aliphatic heterocycles. The van der Waals surface area contributed by atoms with Gasteiger partial charge in [0.2, 0.25) is 5.95 Å². The molecule has 1 aliphatic rings. The van der Waals surface area contributed by atoms with Crippen LogP contribution in [0.15, 0.2) is 6.07 Å². The van der Waals surface area contributed by atoms with E-state index in [9.17, 15) is 0 Å². The second kappa shape index (κ2) is 6.00. The average molecular weight is 249 g/mol. The summed E-state index contributed by atoms with van der Waals surface area (Å²) < 4.78 is 0. The minimum absolute atomic E-state index is 0.491. The van der Waals surface area contributed by atoms with Gasteiger partial charge in [0.1, 0.15) is 5.82 Å². The minimum Gasteiger partial charge on any atom is -0.357 e. The van der Waals surface area contributed by atoms with Crippen LogP contribution in [-0.4, -0.2) is 23.1 Å². The highest BCUT2D eigenvalue weighted by Gasteiger charge is 2.18. The molecule has 5 nitrogen and oxygen atoms in total. The maximum Gasteiger partial charge on any atom is 0.239 e. The van der Waals surface area contributed by atoms with E-state index in [0.29, 0.717) is 12.0 Å². The standard InChI is InChI=1S/C13H23N5/c1-10-9-12(16-13(15-10)17-14)18(2)11-7-5-3-4-6-8-11/h9,11H,3-8,14H2,1-2H3,(H,15,16,17). The van der Waals surface area contributed by atoms with E-state index in [4.69, 9.17) is 5.84 Å². The van der Waals surface area contributed by atoms with Gasteiger partial charge in [0.15, 0.2) is 0 Å². The molecule has 100 valence electrons. The molecular formula is C13H23N5. The second-order valence-corrected chi connectivity index (χ2v) is 5.09. The third-order valence-corrected chi connectivity index (χ3v) is 3.70. The van der Waals surface area contributed by atoms with Crippen LogP contribution >= 0.6 is 0 Å². The molecule has 1 aromatic rings. The zero-order valence-corrected chi connectivity index (χ0v) is 11.3. The Hall–Kier alpha value is -1.36. The number of nitrogen functional groups attached to an aromatic ring is 1. The molecule has 5 heteroatoms. The van der Waals surface area contributed by atoms with Gasteiger partial charge >= 0.3 is 0 Å². The van der Waals surface area contributed by atoms with Gasteiger partial charge in [-0.15, -0.1) is 0 Å². The lowest BCUT2D eigenvalue weighted by Crippen LogP contribution is -2.32. The van der Waals surface area contributed by atoms with Crippen molar-refractivity contribution in [2.75, 3.05) is 17.4 Å². The van der Waals surface area contributed by atoms with Crippen molar-refractivity contribution in [3.63, 3.8) is 0 Å². The molecule has 1 heterocycles. The summed E-state index contributed by atoms with van der Waals surface area (Å²) in [5.41, 5.74) is 3.47. The van der Waals surface area contributed by atoms with Crippen molar-refractivity contribution in [3.8, 4) is 0 Å². The Morgan fingerprint density at radius 2 is 1.89 bits per heavy atom. The molecule has 0 radical (unpaired) electrons. The summed E-state index contributed by atoms with van der Waals surface area (Å²) in [6, 6.07) is 2.61. The first-order valence-corrected chi connectivity index (χ1v) is 6.76. The van der Waals surface area contributed by atoms with Crippen LogP contribution < -0.4 is 16.2 Å². The van der Waals surface area contributed by atoms with Crippen molar-refractivity contribution in [1.82, 2.24) is 9.97 Å². The number of nitrogens with two attached hydrogens (primary N) is 1. The molecule has 1 saturated carbocycles. The van der Waals surface area contributed by atoms with Crippen LogP contribution in [0.2, 0.25) is 0 Å². The maximum atomic E-state index is 5.40. The van der Waals surface area contributed by atoms with E-state index in [2.05, 4.69) is 27.3 Å². The topological polar surface area (TPSA) is 67.1 Å². The van der Waals surface area contributed by atoms with E-state index < -0.39 is 0 Å². The van der Waals surface area contributed by atoms with Crippen molar-refractivity contribution < 1.29 is 0 Å². The second-order valence-electron chi connectivity index (χ2n) is 5.09. The van der Waals surface area contributed by atoms with Gasteiger partial charge < -0.3 is 4.90 Å². The number of aryl methyl sites for hydroxylation is 1. The van der Waals surface area contributed by atoms with Crippen LogP contribution in [0, 0.1) is 6.92 Å². The SMILES string of the molecule is Cc1cc(N(C)C2CCCCCC2)nc(NN)n1. The Morgan fingerprint density at radius 1 is 1.22 bits per heavy atom. The Labute approximate surface area is 109 Å². The fourth-order valence-corrected chi connectivity index (χ4v) is 2.63. The molecule has 0 spiro atoms. The third kappa shape index (κ3) is 3.10. The van der Waals surface area contributed by atoms with Crippen LogP contribution in [0.5, 0.6) is 0 Å². The predicted octanol–water partition coefficient (Wildman–Crippen LogP) is 2.23. The quantitative estimate of drug-likeness (QED) is 0.488. The molecule has 1 aliphatic carbocycles. The lowest BCUT2D eigenvalue weighted by Gasteiger charge is -2.28. The number of nitrogens with one attached hydrogen (secondary N) is 1. The van der Waals surface area contributed by atoms with Crippen molar-refractivity contribution in [1.29, 1.82) is 0 Å². The minimum atomic E-state index is 0.491. The number of anilines is 2. The molecule has 0 aromatic carbocycles. The summed E-state index contributed by atoms with van der Waals surface area (Å²) in [4.78, 5) is 10.9. The van der Waals surface area contributed by atoms with E-state index in [-0.39, 0.29) is 0 Å². The van der Waals surface area contributed by atoms with Gasteiger partial charge in [0.25, 0.3) is 0 Å². The Kier molecular flexibility index (Phi) is 4.36. The van der Waals surface area contributed by atoms with E-state index in [1.807, 2.05) is 13.0 Å². The number of hydrogen-bond donors (Lipinski definition) is 2. The molecule has 0 atom stereocenters. The van der Waals surface area contributed by atoms with Gasteiger partial charge in [-0.25, -0.2) is 10.8 Å². The zero-order chi connectivity index (χ0) is 13.0. The van der Waals surface area contributed by atoms with Crippen molar-refractivity contribution in [3.05, 3.63) is 11.8 Å². The summed E-state index contributed by atoms with van der Waals surface area (Å²) in [6.45, 7) is 1.97. The molecule has 0 amide bonds. The number of hydrogen-bond acceptors (Lipinski definition) is 5. The Morgan fingerprint density at radius 3 is 2.50 bits per heavy atom. The summed E-state index contributed by atoms with van der Waals surface area (Å²) in [6.07, 6.45) is 7.88. The van der Waals surface area contributed by atoms with Gasteiger partial charge in [0.05, 0.1) is 0 Å². The molecule has 2 rings (SSSR count). The van der Waals surface area contributed by atoms with Crippen LogP contribution in [0.25, 0.3) is 0 Å². The Balaban J connectivity index is 2.15. The van der Waals surface area contributed by atoms with Crippen molar-refractivity contribution >= 4 is 11.8 Å². The van der Waals surface area contributed by atoms with E-state index >= 15 is 0 Å². The maximum absolute atomic E-state index is 5.40. The predicted molar refractivity (Wildman–Crippen MR) is 74.5 cm³/mol. The first kappa shape index (κ1) is 13.1. The van der Waals surface area contributed by atoms with Gasteiger partial charge in [-0.05, 0) is 19.8 Å².